The van der Waals surface area contributed by atoms with Gasteiger partial charge in [0.25, 0.3) is 0 Å². The fourth-order valence-corrected chi connectivity index (χ4v) is 2.55. The Balaban J connectivity index is 1.66. The van der Waals surface area contributed by atoms with E-state index in [4.69, 9.17) is 4.74 Å². The quantitative estimate of drug-likeness (QED) is 0.885. The minimum absolute atomic E-state index is 0.297. The Morgan fingerprint density at radius 2 is 2.18 bits per heavy atom. The minimum Gasteiger partial charge on any atom is -0.376 e. The zero-order valence-electron chi connectivity index (χ0n) is 13.1. The van der Waals surface area contributed by atoms with Crippen LogP contribution < -0.4 is 10.6 Å². The van der Waals surface area contributed by atoms with E-state index in [1.54, 1.807) is 6.20 Å². The molecule has 1 unspecified atom stereocenters. The van der Waals surface area contributed by atoms with Gasteiger partial charge >= 0.3 is 0 Å². The molecule has 22 heavy (non-hydrogen) atoms. The Bertz CT molecular complexity index is 638. The Morgan fingerprint density at radius 1 is 1.27 bits per heavy atom. The molecule has 0 radical (unpaired) electrons. The fourth-order valence-electron chi connectivity index (χ4n) is 2.55. The molecule has 1 aromatic heterocycles. The smallest absolute Gasteiger partial charge is 0.229 e. The van der Waals surface area contributed by atoms with Crippen molar-refractivity contribution in [1.29, 1.82) is 0 Å². The van der Waals surface area contributed by atoms with E-state index in [1.165, 1.54) is 11.1 Å². The molecule has 5 heteroatoms. The molecule has 116 valence electrons. The van der Waals surface area contributed by atoms with E-state index in [-0.39, 0.29) is 0 Å². The topological polar surface area (TPSA) is 59.1 Å². The zero-order valence-corrected chi connectivity index (χ0v) is 13.1. The summed E-state index contributed by atoms with van der Waals surface area (Å²) >= 11 is 0. The highest BCUT2D eigenvalue weighted by atomic mass is 16.5. The number of anilines is 3. The first kappa shape index (κ1) is 14.8. The molecule has 2 aromatic rings. The summed E-state index contributed by atoms with van der Waals surface area (Å²) in [5, 5.41) is 6.61. The van der Waals surface area contributed by atoms with Gasteiger partial charge in [-0.2, -0.15) is 4.98 Å². The van der Waals surface area contributed by atoms with Crippen LogP contribution in [0.15, 0.2) is 30.5 Å². The van der Waals surface area contributed by atoms with Crippen molar-refractivity contribution in [2.45, 2.75) is 32.8 Å². The highest BCUT2D eigenvalue weighted by Crippen LogP contribution is 2.21. The molecule has 0 amide bonds. The van der Waals surface area contributed by atoms with Gasteiger partial charge in [-0.25, -0.2) is 4.98 Å². The lowest BCUT2D eigenvalue weighted by Gasteiger charge is -2.13. The first-order valence-electron chi connectivity index (χ1n) is 7.74. The number of benzene rings is 1. The van der Waals surface area contributed by atoms with Crippen LogP contribution in [0.3, 0.4) is 0 Å². The minimum atomic E-state index is 0.297. The molecule has 1 fully saturated rings. The standard InChI is InChI=1S/C17H22N4O/c1-12-5-3-7-15(13(12)2)20-17-18-9-8-16(21-17)19-11-14-6-4-10-22-14/h3,5,7-9,14H,4,6,10-11H2,1-2H3,(H2,18,19,20,21). The largest absolute Gasteiger partial charge is 0.376 e. The van der Waals surface area contributed by atoms with Crippen LogP contribution in [0.5, 0.6) is 0 Å². The van der Waals surface area contributed by atoms with Crippen molar-refractivity contribution in [3.63, 3.8) is 0 Å². The lowest BCUT2D eigenvalue weighted by molar-refractivity contribution is 0.120. The summed E-state index contributed by atoms with van der Waals surface area (Å²) in [4.78, 5) is 8.80. The maximum atomic E-state index is 5.61. The van der Waals surface area contributed by atoms with Gasteiger partial charge in [0, 0.05) is 25.0 Å². The number of nitrogens with zero attached hydrogens (tertiary/aromatic N) is 2. The molecule has 0 spiro atoms. The predicted octanol–water partition coefficient (Wildman–Crippen LogP) is 3.43. The van der Waals surface area contributed by atoms with Gasteiger partial charge in [0.1, 0.15) is 5.82 Å². The normalized spacial score (nSPS) is 17.5. The molecular weight excluding hydrogens is 276 g/mol. The molecule has 1 atom stereocenters. The molecule has 1 saturated heterocycles. The monoisotopic (exact) mass is 298 g/mol. The van der Waals surface area contributed by atoms with Crippen LogP contribution >= 0.6 is 0 Å². The number of aryl methyl sites for hydroxylation is 1. The van der Waals surface area contributed by atoms with Crippen LogP contribution in [0.2, 0.25) is 0 Å². The molecule has 2 N–H and O–H groups in total. The lowest BCUT2D eigenvalue weighted by atomic mass is 10.1. The molecule has 0 bridgehead atoms. The van der Waals surface area contributed by atoms with Crippen molar-refractivity contribution in [3.8, 4) is 0 Å². The van der Waals surface area contributed by atoms with Gasteiger partial charge in [0.05, 0.1) is 6.10 Å². The van der Waals surface area contributed by atoms with Gasteiger partial charge < -0.3 is 15.4 Å². The molecule has 3 rings (SSSR count). The fraction of sp³-hybridized carbons (Fsp3) is 0.412. The number of aromatic nitrogens is 2. The van der Waals surface area contributed by atoms with Crippen LogP contribution in [0.25, 0.3) is 0 Å². The Kier molecular flexibility index (Phi) is 4.53. The van der Waals surface area contributed by atoms with Crippen LogP contribution in [-0.2, 0) is 4.74 Å². The van der Waals surface area contributed by atoms with Crippen molar-refractivity contribution in [3.05, 3.63) is 41.6 Å². The summed E-state index contributed by atoms with van der Waals surface area (Å²) in [5.74, 6) is 1.42. The van der Waals surface area contributed by atoms with E-state index in [0.29, 0.717) is 12.1 Å². The lowest BCUT2D eigenvalue weighted by Crippen LogP contribution is -2.19. The maximum absolute atomic E-state index is 5.61. The summed E-state index contributed by atoms with van der Waals surface area (Å²) in [6.45, 7) is 5.85. The molecule has 2 heterocycles. The van der Waals surface area contributed by atoms with Gasteiger partial charge in [0.15, 0.2) is 0 Å². The summed E-state index contributed by atoms with van der Waals surface area (Å²) < 4.78 is 5.61. The number of hydrogen-bond acceptors (Lipinski definition) is 5. The van der Waals surface area contributed by atoms with Gasteiger partial charge in [0.2, 0.25) is 5.95 Å². The van der Waals surface area contributed by atoms with Gasteiger partial charge in [-0.05, 0) is 49.9 Å². The first-order valence-corrected chi connectivity index (χ1v) is 7.74. The number of rotatable bonds is 5. The van der Waals surface area contributed by atoms with E-state index >= 15 is 0 Å². The van der Waals surface area contributed by atoms with Gasteiger partial charge in [-0.1, -0.05) is 12.1 Å². The third-order valence-electron chi connectivity index (χ3n) is 4.04. The summed E-state index contributed by atoms with van der Waals surface area (Å²) in [6, 6.07) is 8.05. The third-order valence-corrected chi connectivity index (χ3v) is 4.04. The van der Waals surface area contributed by atoms with Crippen molar-refractivity contribution in [2.24, 2.45) is 0 Å². The average molecular weight is 298 g/mol. The second-order valence-corrected chi connectivity index (χ2v) is 5.65. The van der Waals surface area contributed by atoms with Gasteiger partial charge in [-0.3, -0.25) is 0 Å². The van der Waals surface area contributed by atoms with Crippen molar-refractivity contribution in [2.75, 3.05) is 23.8 Å². The number of ether oxygens (including phenoxy) is 1. The van der Waals surface area contributed by atoms with E-state index in [9.17, 15) is 0 Å². The Hall–Kier alpha value is -2.14. The Morgan fingerprint density at radius 3 is 3.00 bits per heavy atom. The van der Waals surface area contributed by atoms with Crippen molar-refractivity contribution < 1.29 is 4.74 Å². The van der Waals surface area contributed by atoms with Crippen molar-refractivity contribution in [1.82, 2.24) is 9.97 Å². The first-order chi connectivity index (χ1) is 10.7. The Labute approximate surface area is 131 Å². The molecule has 1 aliphatic rings. The highest BCUT2D eigenvalue weighted by Gasteiger charge is 2.15. The molecule has 0 aliphatic carbocycles. The molecule has 1 aromatic carbocycles. The third kappa shape index (κ3) is 3.54. The SMILES string of the molecule is Cc1cccc(Nc2nccc(NCC3CCCO3)n2)c1C. The van der Waals surface area contributed by atoms with Crippen LogP contribution in [0.1, 0.15) is 24.0 Å². The van der Waals surface area contributed by atoms with Gasteiger partial charge in [-0.15, -0.1) is 0 Å². The number of hydrogen-bond donors (Lipinski definition) is 2. The van der Waals surface area contributed by atoms with E-state index in [2.05, 4.69) is 40.5 Å². The van der Waals surface area contributed by atoms with Crippen LogP contribution in [0, 0.1) is 13.8 Å². The van der Waals surface area contributed by atoms with Crippen LogP contribution in [0.4, 0.5) is 17.5 Å². The second kappa shape index (κ2) is 6.75. The predicted molar refractivity (Wildman–Crippen MR) is 88.7 cm³/mol. The van der Waals surface area contributed by atoms with E-state index in [1.807, 2.05) is 18.2 Å². The summed E-state index contributed by atoms with van der Waals surface area (Å²) in [7, 11) is 0. The summed E-state index contributed by atoms with van der Waals surface area (Å²) in [5.41, 5.74) is 3.50. The second-order valence-electron chi connectivity index (χ2n) is 5.65. The average Bonchev–Trinajstić information content (AvgIpc) is 3.04. The van der Waals surface area contributed by atoms with E-state index < -0.39 is 0 Å². The summed E-state index contributed by atoms with van der Waals surface area (Å²) in [6.07, 6.45) is 4.32. The maximum Gasteiger partial charge on any atom is 0.229 e. The number of nitrogens with one attached hydrogen (secondary N) is 2. The van der Waals surface area contributed by atoms with Crippen molar-refractivity contribution >= 4 is 17.5 Å². The molecule has 1 aliphatic heterocycles. The zero-order chi connectivity index (χ0) is 15.4. The molecule has 0 saturated carbocycles. The molecule has 5 nitrogen and oxygen atoms in total. The van der Waals surface area contributed by atoms with E-state index in [0.717, 1.165) is 37.5 Å². The highest BCUT2D eigenvalue weighted by molar-refractivity contribution is 5.60. The molecular formula is C17H22N4O. The van der Waals surface area contributed by atoms with Crippen LogP contribution in [-0.4, -0.2) is 29.2 Å².